The summed E-state index contributed by atoms with van der Waals surface area (Å²) >= 11 is 0. The zero-order chi connectivity index (χ0) is 14.8. The average Bonchev–Trinajstić information content (AvgIpc) is 3.05. The SMILES string of the molecule is CCn1cnnc1CNC(=O)[C@@H]1CC(=O)N(CC2CC2)C1. The third-order valence-electron chi connectivity index (χ3n) is 4.22. The van der Waals surface area contributed by atoms with E-state index < -0.39 is 0 Å². The molecule has 1 aromatic rings. The van der Waals surface area contributed by atoms with Gasteiger partial charge in [-0.2, -0.15) is 0 Å². The van der Waals surface area contributed by atoms with Gasteiger partial charge in [0.05, 0.1) is 12.5 Å². The zero-order valence-electron chi connectivity index (χ0n) is 12.3. The van der Waals surface area contributed by atoms with Crippen molar-refractivity contribution in [3.8, 4) is 0 Å². The molecule has 7 heteroatoms. The van der Waals surface area contributed by atoms with E-state index in [2.05, 4.69) is 15.5 Å². The van der Waals surface area contributed by atoms with Crippen LogP contribution >= 0.6 is 0 Å². The van der Waals surface area contributed by atoms with E-state index in [9.17, 15) is 9.59 Å². The Morgan fingerprint density at radius 3 is 3.00 bits per heavy atom. The van der Waals surface area contributed by atoms with E-state index in [1.165, 1.54) is 12.8 Å². The molecule has 21 heavy (non-hydrogen) atoms. The molecular formula is C14H21N5O2. The molecule has 114 valence electrons. The summed E-state index contributed by atoms with van der Waals surface area (Å²) < 4.78 is 1.89. The summed E-state index contributed by atoms with van der Waals surface area (Å²) in [5.74, 6) is 1.23. The van der Waals surface area contributed by atoms with Gasteiger partial charge in [0, 0.05) is 26.1 Å². The normalized spacial score (nSPS) is 21.9. The fraction of sp³-hybridized carbons (Fsp3) is 0.714. The van der Waals surface area contributed by atoms with Gasteiger partial charge in [-0.05, 0) is 25.7 Å². The predicted octanol–water partition coefficient (Wildman–Crippen LogP) is 0.173. The van der Waals surface area contributed by atoms with E-state index in [0.717, 1.165) is 18.9 Å². The van der Waals surface area contributed by atoms with Crippen LogP contribution in [0.3, 0.4) is 0 Å². The number of nitrogens with one attached hydrogen (secondary N) is 1. The molecule has 1 aliphatic heterocycles. The Hall–Kier alpha value is -1.92. The van der Waals surface area contributed by atoms with Gasteiger partial charge in [0.1, 0.15) is 6.33 Å². The van der Waals surface area contributed by atoms with Crippen LogP contribution in [0.2, 0.25) is 0 Å². The van der Waals surface area contributed by atoms with Crippen LogP contribution in [0.15, 0.2) is 6.33 Å². The van der Waals surface area contributed by atoms with Gasteiger partial charge in [0.15, 0.2) is 5.82 Å². The monoisotopic (exact) mass is 291 g/mol. The molecule has 0 aromatic carbocycles. The molecule has 1 atom stereocenters. The Labute approximate surface area is 123 Å². The Morgan fingerprint density at radius 1 is 1.48 bits per heavy atom. The summed E-state index contributed by atoms with van der Waals surface area (Å²) in [6.07, 6.45) is 4.41. The molecule has 2 heterocycles. The number of nitrogens with zero attached hydrogens (tertiary/aromatic N) is 4. The molecule has 7 nitrogen and oxygen atoms in total. The van der Waals surface area contributed by atoms with E-state index in [-0.39, 0.29) is 17.7 Å². The fourth-order valence-corrected chi connectivity index (χ4v) is 2.73. The smallest absolute Gasteiger partial charge is 0.225 e. The largest absolute Gasteiger partial charge is 0.348 e. The summed E-state index contributed by atoms with van der Waals surface area (Å²) in [5.41, 5.74) is 0. The van der Waals surface area contributed by atoms with Crippen molar-refractivity contribution >= 4 is 11.8 Å². The van der Waals surface area contributed by atoms with Crippen molar-refractivity contribution in [1.82, 2.24) is 25.0 Å². The first-order valence-corrected chi connectivity index (χ1v) is 7.59. The Morgan fingerprint density at radius 2 is 2.29 bits per heavy atom. The van der Waals surface area contributed by atoms with E-state index >= 15 is 0 Å². The fourth-order valence-electron chi connectivity index (χ4n) is 2.73. The van der Waals surface area contributed by atoms with Crippen LogP contribution in [0, 0.1) is 11.8 Å². The molecule has 1 N–H and O–H groups in total. The van der Waals surface area contributed by atoms with E-state index in [0.29, 0.717) is 25.4 Å². The standard InChI is InChI=1S/C14H21N5O2/c1-2-18-9-16-17-12(18)6-15-14(21)11-5-13(20)19(8-11)7-10-3-4-10/h9-11H,2-8H2,1H3,(H,15,21)/t11-/m1/s1. The Kier molecular flexibility index (Phi) is 3.90. The van der Waals surface area contributed by atoms with Crippen molar-refractivity contribution in [3.05, 3.63) is 12.2 Å². The van der Waals surface area contributed by atoms with Crippen molar-refractivity contribution in [2.24, 2.45) is 11.8 Å². The molecule has 3 rings (SSSR count). The van der Waals surface area contributed by atoms with Crippen LogP contribution in [-0.4, -0.2) is 44.6 Å². The van der Waals surface area contributed by atoms with Crippen molar-refractivity contribution in [2.45, 2.75) is 39.3 Å². The highest BCUT2D eigenvalue weighted by molar-refractivity contribution is 5.89. The summed E-state index contributed by atoms with van der Waals surface area (Å²) in [6.45, 7) is 4.52. The van der Waals surface area contributed by atoms with Gasteiger partial charge < -0.3 is 14.8 Å². The number of likely N-dealkylation sites (tertiary alicyclic amines) is 1. The maximum absolute atomic E-state index is 12.2. The molecule has 1 aromatic heterocycles. The summed E-state index contributed by atoms with van der Waals surface area (Å²) in [6, 6.07) is 0. The Balaban J connectivity index is 1.50. The molecule has 2 aliphatic rings. The second-order valence-electron chi connectivity index (χ2n) is 5.89. The van der Waals surface area contributed by atoms with Crippen LogP contribution in [0.1, 0.15) is 32.0 Å². The zero-order valence-corrected chi connectivity index (χ0v) is 12.3. The summed E-state index contributed by atoms with van der Waals surface area (Å²) in [4.78, 5) is 25.9. The molecule has 2 fully saturated rings. The number of rotatable bonds is 6. The third-order valence-corrected chi connectivity index (χ3v) is 4.22. The lowest BCUT2D eigenvalue weighted by Crippen LogP contribution is -2.33. The topological polar surface area (TPSA) is 80.1 Å². The lowest BCUT2D eigenvalue weighted by Gasteiger charge is -2.15. The molecule has 1 aliphatic carbocycles. The van der Waals surface area contributed by atoms with Gasteiger partial charge in [0.2, 0.25) is 11.8 Å². The van der Waals surface area contributed by atoms with Crippen LogP contribution in [0.5, 0.6) is 0 Å². The highest BCUT2D eigenvalue weighted by atomic mass is 16.2. The van der Waals surface area contributed by atoms with E-state index in [1.54, 1.807) is 6.33 Å². The highest BCUT2D eigenvalue weighted by Crippen LogP contribution is 2.31. The minimum atomic E-state index is -0.228. The molecule has 0 unspecified atom stereocenters. The van der Waals surface area contributed by atoms with Crippen molar-refractivity contribution in [1.29, 1.82) is 0 Å². The second-order valence-corrected chi connectivity index (χ2v) is 5.89. The summed E-state index contributed by atoms with van der Waals surface area (Å²) in [7, 11) is 0. The average molecular weight is 291 g/mol. The van der Waals surface area contributed by atoms with E-state index in [1.807, 2.05) is 16.4 Å². The molecule has 1 saturated heterocycles. The Bertz CT molecular complexity index is 537. The number of amides is 2. The quantitative estimate of drug-likeness (QED) is 0.810. The molecule has 0 spiro atoms. The van der Waals surface area contributed by atoms with Crippen molar-refractivity contribution < 1.29 is 9.59 Å². The number of hydrogen-bond acceptors (Lipinski definition) is 4. The predicted molar refractivity (Wildman–Crippen MR) is 75.0 cm³/mol. The first kappa shape index (κ1) is 14.0. The maximum Gasteiger partial charge on any atom is 0.225 e. The van der Waals surface area contributed by atoms with Gasteiger partial charge in [-0.25, -0.2) is 0 Å². The van der Waals surface area contributed by atoms with Crippen LogP contribution in [0.25, 0.3) is 0 Å². The lowest BCUT2D eigenvalue weighted by molar-refractivity contribution is -0.129. The molecule has 0 bridgehead atoms. The number of carbonyl (C=O) groups is 2. The van der Waals surface area contributed by atoms with Crippen LogP contribution < -0.4 is 5.32 Å². The third kappa shape index (κ3) is 3.22. The van der Waals surface area contributed by atoms with Gasteiger partial charge in [0.25, 0.3) is 0 Å². The van der Waals surface area contributed by atoms with Crippen LogP contribution in [-0.2, 0) is 22.7 Å². The van der Waals surface area contributed by atoms with Crippen molar-refractivity contribution in [2.75, 3.05) is 13.1 Å². The number of hydrogen-bond donors (Lipinski definition) is 1. The first-order chi connectivity index (χ1) is 10.2. The molecule has 2 amide bonds. The molecule has 0 radical (unpaired) electrons. The summed E-state index contributed by atoms with van der Waals surface area (Å²) in [5, 5.41) is 10.7. The number of aromatic nitrogens is 3. The van der Waals surface area contributed by atoms with Gasteiger partial charge in [-0.15, -0.1) is 10.2 Å². The second kappa shape index (κ2) is 5.83. The molecular weight excluding hydrogens is 270 g/mol. The van der Waals surface area contributed by atoms with E-state index in [4.69, 9.17) is 0 Å². The van der Waals surface area contributed by atoms with Gasteiger partial charge in [-0.3, -0.25) is 9.59 Å². The van der Waals surface area contributed by atoms with Crippen molar-refractivity contribution in [3.63, 3.8) is 0 Å². The highest BCUT2D eigenvalue weighted by Gasteiger charge is 2.37. The number of carbonyl (C=O) groups excluding carboxylic acids is 2. The minimum absolute atomic E-state index is 0.0627. The van der Waals surface area contributed by atoms with Crippen LogP contribution in [0.4, 0.5) is 0 Å². The number of aryl methyl sites for hydroxylation is 1. The van der Waals surface area contributed by atoms with Gasteiger partial charge >= 0.3 is 0 Å². The molecule has 1 saturated carbocycles. The van der Waals surface area contributed by atoms with Gasteiger partial charge in [-0.1, -0.05) is 0 Å². The lowest BCUT2D eigenvalue weighted by atomic mass is 10.1. The first-order valence-electron chi connectivity index (χ1n) is 7.59. The maximum atomic E-state index is 12.2. The minimum Gasteiger partial charge on any atom is -0.348 e.